The van der Waals surface area contributed by atoms with Crippen LogP contribution in [-0.2, 0) is 0 Å². The van der Waals surface area contributed by atoms with Gasteiger partial charge in [-0.05, 0) is 36.4 Å². The quantitative estimate of drug-likeness (QED) is 0.703. The molecular weight excluding hydrogens is 384 g/mol. The van der Waals surface area contributed by atoms with Crippen molar-refractivity contribution in [2.45, 2.75) is 6.17 Å². The molecule has 1 atom stereocenters. The Kier molecular flexibility index (Phi) is 4.35. The van der Waals surface area contributed by atoms with Gasteiger partial charge in [0.25, 0.3) is 5.91 Å². The highest BCUT2D eigenvalue weighted by molar-refractivity contribution is 6.12. The highest BCUT2D eigenvalue weighted by Crippen LogP contribution is 2.42. The lowest BCUT2D eigenvalue weighted by atomic mass is 10.0. The number of hydrogen-bond donors (Lipinski definition) is 1. The standard InChI is InChI=1S/C23H20N2O5/c1-27-16-9-14(10-17(12-16)28-2)22-24-19-6-4-3-5-18(19)23(26)25(22)15-7-8-20-21(11-15)30-13-29-20/h3-12,22,24H,13H2,1-2H3. The summed E-state index contributed by atoms with van der Waals surface area (Å²) in [4.78, 5) is 15.3. The number of ether oxygens (including phenoxy) is 4. The van der Waals surface area contributed by atoms with Crippen LogP contribution in [0.1, 0.15) is 22.1 Å². The first-order valence-electron chi connectivity index (χ1n) is 9.49. The van der Waals surface area contributed by atoms with Crippen molar-refractivity contribution in [1.82, 2.24) is 0 Å². The molecule has 3 aromatic rings. The summed E-state index contributed by atoms with van der Waals surface area (Å²) in [6.07, 6.45) is -0.475. The monoisotopic (exact) mass is 404 g/mol. The Hall–Kier alpha value is -3.87. The number of carbonyl (C=O) groups is 1. The van der Waals surface area contributed by atoms with Crippen molar-refractivity contribution in [2.24, 2.45) is 0 Å². The minimum atomic E-state index is -0.475. The molecule has 2 aliphatic rings. The normalized spacial score (nSPS) is 16.7. The largest absolute Gasteiger partial charge is 0.497 e. The van der Waals surface area contributed by atoms with E-state index >= 15 is 0 Å². The van der Waals surface area contributed by atoms with E-state index in [1.54, 1.807) is 25.2 Å². The van der Waals surface area contributed by atoms with Crippen LogP contribution in [0.25, 0.3) is 0 Å². The van der Waals surface area contributed by atoms with E-state index in [-0.39, 0.29) is 12.7 Å². The number of rotatable bonds is 4. The van der Waals surface area contributed by atoms with Gasteiger partial charge in [0.1, 0.15) is 17.7 Å². The smallest absolute Gasteiger partial charge is 0.262 e. The molecule has 3 aromatic carbocycles. The maximum atomic E-state index is 13.6. The number of hydrogen-bond acceptors (Lipinski definition) is 6. The van der Waals surface area contributed by atoms with Crippen LogP contribution in [0.3, 0.4) is 0 Å². The Labute approximate surface area is 173 Å². The number of nitrogens with zero attached hydrogens (tertiary/aromatic N) is 1. The molecule has 5 rings (SSSR count). The lowest BCUT2D eigenvalue weighted by molar-refractivity contribution is 0.0975. The second-order valence-electron chi connectivity index (χ2n) is 6.95. The SMILES string of the molecule is COc1cc(OC)cc(C2Nc3ccccc3C(=O)N2c2ccc3c(c2)OCO3)c1. The lowest BCUT2D eigenvalue weighted by Gasteiger charge is -2.38. The van der Waals surface area contributed by atoms with Gasteiger partial charge in [0.2, 0.25) is 6.79 Å². The van der Waals surface area contributed by atoms with E-state index in [0.29, 0.717) is 34.2 Å². The third kappa shape index (κ3) is 2.95. The first-order chi connectivity index (χ1) is 14.7. The number of methoxy groups -OCH3 is 2. The van der Waals surface area contributed by atoms with Gasteiger partial charge in [-0.1, -0.05) is 12.1 Å². The van der Waals surface area contributed by atoms with Gasteiger partial charge in [0.05, 0.1) is 25.5 Å². The summed E-state index contributed by atoms with van der Waals surface area (Å²) < 4.78 is 21.8. The lowest BCUT2D eigenvalue weighted by Crippen LogP contribution is -2.43. The Morgan fingerprint density at radius 2 is 1.67 bits per heavy atom. The van der Waals surface area contributed by atoms with E-state index in [4.69, 9.17) is 18.9 Å². The summed E-state index contributed by atoms with van der Waals surface area (Å²) in [5.74, 6) is 2.44. The van der Waals surface area contributed by atoms with Crippen LogP contribution in [0.15, 0.2) is 60.7 Å². The average Bonchev–Trinajstić information content (AvgIpc) is 3.26. The molecule has 0 saturated carbocycles. The zero-order valence-corrected chi connectivity index (χ0v) is 16.5. The molecule has 2 heterocycles. The minimum Gasteiger partial charge on any atom is -0.497 e. The topological polar surface area (TPSA) is 69.3 Å². The number of anilines is 2. The van der Waals surface area contributed by atoms with Crippen LogP contribution in [0.4, 0.5) is 11.4 Å². The van der Waals surface area contributed by atoms with Crippen LogP contribution in [0.2, 0.25) is 0 Å². The fourth-order valence-electron chi connectivity index (χ4n) is 3.78. The number of nitrogens with one attached hydrogen (secondary N) is 1. The second kappa shape index (κ2) is 7.18. The minimum absolute atomic E-state index is 0.116. The number of carbonyl (C=O) groups excluding carboxylic acids is 1. The van der Waals surface area contributed by atoms with Gasteiger partial charge in [0, 0.05) is 23.4 Å². The van der Waals surface area contributed by atoms with Crippen molar-refractivity contribution < 1.29 is 23.7 Å². The molecule has 0 spiro atoms. The van der Waals surface area contributed by atoms with Crippen LogP contribution >= 0.6 is 0 Å². The second-order valence-corrected chi connectivity index (χ2v) is 6.95. The van der Waals surface area contributed by atoms with Crippen molar-refractivity contribution >= 4 is 17.3 Å². The summed E-state index contributed by atoms with van der Waals surface area (Å²) in [5, 5.41) is 3.48. The predicted molar refractivity (Wildman–Crippen MR) is 112 cm³/mol. The highest BCUT2D eigenvalue weighted by atomic mass is 16.7. The van der Waals surface area contributed by atoms with Crippen molar-refractivity contribution in [3.63, 3.8) is 0 Å². The summed E-state index contributed by atoms with van der Waals surface area (Å²) >= 11 is 0. The summed E-state index contributed by atoms with van der Waals surface area (Å²) in [6.45, 7) is 0.171. The molecule has 0 aliphatic carbocycles. The van der Waals surface area contributed by atoms with Crippen molar-refractivity contribution in [1.29, 1.82) is 0 Å². The molecule has 0 bridgehead atoms. The first kappa shape index (κ1) is 18.2. The molecule has 7 heteroatoms. The maximum Gasteiger partial charge on any atom is 0.262 e. The number of amides is 1. The summed E-state index contributed by atoms with van der Waals surface area (Å²) in [7, 11) is 3.20. The Morgan fingerprint density at radius 3 is 2.43 bits per heavy atom. The zero-order chi connectivity index (χ0) is 20.7. The zero-order valence-electron chi connectivity index (χ0n) is 16.5. The fourth-order valence-corrected chi connectivity index (χ4v) is 3.78. The fraction of sp³-hybridized carbons (Fsp3) is 0.174. The molecule has 2 aliphatic heterocycles. The van der Waals surface area contributed by atoms with Crippen LogP contribution in [-0.4, -0.2) is 26.9 Å². The van der Waals surface area contributed by atoms with Crippen LogP contribution < -0.4 is 29.2 Å². The molecule has 1 N–H and O–H groups in total. The van der Waals surface area contributed by atoms with E-state index in [9.17, 15) is 4.79 Å². The molecule has 0 aromatic heterocycles. The van der Waals surface area contributed by atoms with Crippen LogP contribution in [0, 0.1) is 0 Å². The van der Waals surface area contributed by atoms with E-state index in [0.717, 1.165) is 11.3 Å². The number of benzene rings is 3. The molecule has 0 fully saturated rings. The molecule has 0 saturated heterocycles. The predicted octanol–water partition coefficient (Wildman–Crippen LogP) is 4.20. The van der Waals surface area contributed by atoms with Gasteiger partial charge in [-0.25, -0.2) is 0 Å². The molecular formula is C23H20N2O5. The van der Waals surface area contributed by atoms with E-state index in [1.807, 2.05) is 54.6 Å². The Balaban J connectivity index is 1.66. The van der Waals surface area contributed by atoms with Crippen molar-refractivity contribution in [3.05, 3.63) is 71.8 Å². The molecule has 152 valence electrons. The Morgan fingerprint density at radius 1 is 0.933 bits per heavy atom. The van der Waals surface area contributed by atoms with Crippen molar-refractivity contribution in [2.75, 3.05) is 31.2 Å². The highest BCUT2D eigenvalue weighted by Gasteiger charge is 2.35. The summed E-state index contributed by atoms with van der Waals surface area (Å²) in [5.41, 5.74) is 2.89. The maximum absolute atomic E-state index is 13.6. The number of fused-ring (bicyclic) bond motifs is 2. The first-order valence-corrected chi connectivity index (χ1v) is 9.49. The molecule has 30 heavy (non-hydrogen) atoms. The molecule has 7 nitrogen and oxygen atoms in total. The van der Waals surface area contributed by atoms with Gasteiger partial charge >= 0.3 is 0 Å². The van der Waals surface area contributed by atoms with Gasteiger partial charge in [-0.2, -0.15) is 0 Å². The van der Waals surface area contributed by atoms with Crippen LogP contribution in [0.5, 0.6) is 23.0 Å². The van der Waals surface area contributed by atoms with Crippen molar-refractivity contribution in [3.8, 4) is 23.0 Å². The van der Waals surface area contributed by atoms with Gasteiger partial charge in [0.15, 0.2) is 11.5 Å². The molecule has 1 unspecified atom stereocenters. The average molecular weight is 404 g/mol. The van der Waals surface area contributed by atoms with E-state index < -0.39 is 6.17 Å². The third-order valence-electron chi connectivity index (χ3n) is 5.25. The van der Waals surface area contributed by atoms with E-state index in [1.165, 1.54) is 0 Å². The van der Waals surface area contributed by atoms with Gasteiger partial charge in [-0.15, -0.1) is 0 Å². The number of para-hydroxylation sites is 1. The summed E-state index contributed by atoms with van der Waals surface area (Å²) in [6, 6.07) is 18.5. The Bertz CT molecular complexity index is 1110. The third-order valence-corrected chi connectivity index (χ3v) is 5.25. The van der Waals surface area contributed by atoms with E-state index in [2.05, 4.69) is 5.32 Å². The van der Waals surface area contributed by atoms with Gasteiger partial charge < -0.3 is 24.3 Å². The van der Waals surface area contributed by atoms with Gasteiger partial charge in [-0.3, -0.25) is 9.69 Å². The molecule has 1 amide bonds. The molecule has 0 radical (unpaired) electrons.